The van der Waals surface area contributed by atoms with Gasteiger partial charge in [-0.15, -0.1) is 10.2 Å². The van der Waals surface area contributed by atoms with Gasteiger partial charge in [0.25, 0.3) is 0 Å². The zero-order chi connectivity index (χ0) is 11.6. The minimum Gasteiger partial charge on any atom is -0.388 e. The summed E-state index contributed by atoms with van der Waals surface area (Å²) in [6, 6.07) is 0. The Morgan fingerprint density at radius 2 is 1.94 bits per heavy atom. The number of rotatable bonds is 3. The van der Waals surface area contributed by atoms with E-state index in [-0.39, 0.29) is 10.4 Å². The molecular formula is C9H12Cl2N4O. The van der Waals surface area contributed by atoms with Crippen LogP contribution >= 0.6 is 23.2 Å². The van der Waals surface area contributed by atoms with Crippen LogP contribution in [-0.2, 0) is 0 Å². The van der Waals surface area contributed by atoms with Gasteiger partial charge in [-0.05, 0) is 24.4 Å². The molecule has 2 rings (SSSR count). The van der Waals surface area contributed by atoms with Gasteiger partial charge in [0.15, 0.2) is 11.0 Å². The molecule has 5 nitrogen and oxygen atoms in total. The molecule has 0 saturated heterocycles. The molecular weight excluding hydrogens is 251 g/mol. The first kappa shape index (κ1) is 11.8. The van der Waals surface area contributed by atoms with Gasteiger partial charge in [-0.3, -0.25) is 0 Å². The van der Waals surface area contributed by atoms with E-state index in [4.69, 9.17) is 23.2 Å². The summed E-state index contributed by atoms with van der Waals surface area (Å²) in [5.41, 5.74) is -0.666. The fraction of sp³-hybridized carbons (Fsp3) is 0.667. The average Bonchev–Trinajstić information content (AvgIpc) is 2.67. The largest absolute Gasteiger partial charge is 0.388 e. The molecule has 0 atom stereocenters. The molecule has 88 valence electrons. The van der Waals surface area contributed by atoms with Gasteiger partial charge in [0.05, 0.1) is 5.60 Å². The molecule has 1 aliphatic carbocycles. The highest BCUT2D eigenvalue weighted by Crippen LogP contribution is 2.30. The Hall–Kier alpha value is -0.650. The molecule has 2 N–H and O–H groups in total. The van der Waals surface area contributed by atoms with Crippen LogP contribution in [0.2, 0.25) is 10.4 Å². The zero-order valence-electron chi connectivity index (χ0n) is 8.58. The summed E-state index contributed by atoms with van der Waals surface area (Å²) >= 11 is 11.4. The van der Waals surface area contributed by atoms with Crippen LogP contribution in [0.3, 0.4) is 0 Å². The number of hydrogen-bond acceptors (Lipinski definition) is 5. The summed E-state index contributed by atoms with van der Waals surface area (Å²) in [6.45, 7) is 0.405. The summed E-state index contributed by atoms with van der Waals surface area (Å²) in [5.74, 6) is 0.363. The minimum atomic E-state index is -0.666. The number of anilines is 1. The molecule has 16 heavy (non-hydrogen) atoms. The van der Waals surface area contributed by atoms with Crippen molar-refractivity contribution in [2.45, 2.75) is 31.3 Å². The number of aromatic nitrogens is 3. The van der Waals surface area contributed by atoms with E-state index in [1.807, 2.05) is 0 Å². The second kappa shape index (κ2) is 4.69. The Labute approximate surface area is 103 Å². The number of aliphatic hydroxyl groups is 1. The first-order chi connectivity index (χ1) is 7.59. The lowest BCUT2D eigenvalue weighted by molar-refractivity contribution is 0.0614. The molecule has 0 amide bonds. The standard InChI is InChI=1S/C9H12Cl2N4O/c10-6-7(13-8(11)15-14-6)12-5-9(16)3-1-2-4-9/h16H,1-5H2,(H,12,13,15). The molecule has 0 unspecified atom stereocenters. The van der Waals surface area contributed by atoms with Crippen molar-refractivity contribution >= 4 is 29.0 Å². The van der Waals surface area contributed by atoms with E-state index < -0.39 is 5.60 Å². The molecule has 1 heterocycles. The van der Waals surface area contributed by atoms with Gasteiger partial charge in [0.2, 0.25) is 5.28 Å². The second-order valence-electron chi connectivity index (χ2n) is 4.01. The second-order valence-corrected chi connectivity index (χ2v) is 4.70. The topological polar surface area (TPSA) is 70.9 Å². The number of nitrogens with zero attached hydrogens (tertiary/aromatic N) is 3. The van der Waals surface area contributed by atoms with Crippen LogP contribution in [0.15, 0.2) is 0 Å². The van der Waals surface area contributed by atoms with E-state index in [0.29, 0.717) is 12.4 Å². The van der Waals surface area contributed by atoms with E-state index in [2.05, 4.69) is 20.5 Å². The smallest absolute Gasteiger partial charge is 0.245 e. The molecule has 1 aromatic rings. The zero-order valence-corrected chi connectivity index (χ0v) is 10.1. The minimum absolute atomic E-state index is 0.0327. The maximum Gasteiger partial charge on any atom is 0.245 e. The maximum absolute atomic E-state index is 10.1. The van der Waals surface area contributed by atoms with Gasteiger partial charge in [-0.25, -0.2) is 0 Å². The van der Waals surface area contributed by atoms with Crippen LogP contribution in [0.25, 0.3) is 0 Å². The van der Waals surface area contributed by atoms with Crippen molar-refractivity contribution in [1.82, 2.24) is 15.2 Å². The molecule has 1 aliphatic rings. The van der Waals surface area contributed by atoms with Crippen molar-refractivity contribution in [3.63, 3.8) is 0 Å². The third-order valence-corrected chi connectivity index (χ3v) is 3.15. The Balaban J connectivity index is 2.01. The van der Waals surface area contributed by atoms with Crippen molar-refractivity contribution in [1.29, 1.82) is 0 Å². The number of nitrogens with one attached hydrogen (secondary N) is 1. The van der Waals surface area contributed by atoms with Gasteiger partial charge >= 0.3 is 0 Å². The lowest BCUT2D eigenvalue weighted by atomic mass is 10.0. The van der Waals surface area contributed by atoms with Crippen LogP contribution in [0.5, 0.6) is 0 Å². The van der Waals surface area contributed by atoms with E-state index in [0.717, 1.165) is 25.7 Å². The van der Waals surface area contributed by atoms with Crippen molar-refractivity contribution in [2.24, 2.45) is 0 Å². The fourth-order valence-electron chi connectivity index (χ4n) is 1.86. The van der Waals surface area contributed by atoms with Gasteiger partial charge in [0, 0.05) is 6.54 Å². The lowest BCUT2D eigenvalue weighted by Gasteiger charge is -2.22. The maximum atomic E-state index is 10.1. The van der Waals surface area contributed by atoms with Crippen LogP contribution in [0.4, 0.5) is 5.82 Å². The molecule has 1 aromatic heterocycles. The highest BCUT2D eigenvalue weighted by atomic mass is 35.5. The lowest BCUT2D eigenvalue weighted by Crippen LogP contribution is -2.33. The normalized spacial score (nSPS) is 18.7. The molecule has 1 fully saturated rings. The Morgan fingerprint density at radius 3 is 2.62 bits per heavy atom. The van der Waals surface area contributed by atoms with Crippen LogP contribution in [-0.4, -0.2) is 32.4 Å². The summed E-state index contributed by atoms with van der Waals surface area (Å²) < 4.78 is 0. The van der Waals surface area contributed by atoms with Crippen LogP contribution in [0, 0.1) is 0 Å². The van der Waals surface area contributed by atoms with Gasteiger partial charge in [-0.2, -0.15) is 4.98 Å². The van der Waals surface area contributed by atoms with Crippen molar-refractivity contribution < 1.29 is 5.11 Å². The molecule has 0 radical (unpaired) electrons. The molecule has 7 heteroatoms. The van der Waals surface area contributed by atoms with E-state index >= 15 is 0 Å². The van der Waals surface area contributed by atoms with Gasteiger partial charge < -0.3 is 10.4 Å². The summed E-state index contributed by atoms with van der Waals surface area (Å²) in [6.07, 6.45) is 3.69. The molecule has 0 aromatic carbocycles. The first-order valence-corrected chi connectivity index (χ1v) is 5.87. The predicted molar refractivity (Wildman–Crippen MR) is 61.8 cm³/mol. The Morgan fingerprint density at radius 1 is 1.25 bits per heavy atom. The fourth-order valence-corrected chi connectivity index (χ4v) is 2.13. The van der Waals surface area contributed by atoms with Crippen molar-refractivity contribution in [3.8, 4) is 0 Å². The average molecular weight is 263 g/mol. The molecule has 0 spiro atoms. The van der Waals surface area contributed by atoms with E-state index in [1.54, 1.807) is 0 Å². The van der Waals surface area contributed by atoms with E-state index in [1.165, 1.54) is 0 Å². The first-order valence-electron chi connectivity index (χ1n) is 5.11. The van der Waals surface area contributed by atoms with E-state index in [9.17, 15) is 5.11 Å². The highest BCUT2D eigenvalue weighted by molar-refractivity contribution is 6.32. The quantitative estimate of drug-likeness (QED) is 0.871. The highest BCUT2D eigenvalue weighted by Gasteiger charge is 2.31. The van der Waals surface area contributed by atoms with Crippen molar-refractivity contribution in [2.75, 3.05) is 11.9 Å². The third-order valence-electron chi connectivity index (χ3n) is 2.74. The molecule has 0 aliphatic heterocycles. The predicted octanol–water partition coefficient (Wildman–Crippen LogP) is 1.90. The Kier molecular flexibility index (Phi) is 3.47. The number of halogens is 2. The van der Waals surface area contributed by atoms with Gasteiger partial charge in [-0.1, -0.05) is 24.4 Å². The SMILES string of the molecule is OC1(CNc2nc(Cl)nnc2Cl)CCCC1. The summed E-state index contributed by atoms with van der Waals surface area (Å²) in [7, 11) is 0. The summed E-state index contributed by atoms with van der Waals surface area (Å²) in [4.78, 5) is 3.90. The monoisotopic (exact) mass is 262 g/mol. The van der Waals surface area contributed by atoms with Crippen molar-refractivity contribution in [3.05, 3.63) is 10.4 Å². The van der Waals surface area contributed by atoms with Gasteiger partial charge in [0.1, 0.15) is 0 Å². The molecule has 1 saturated carbocycles. The number of hydrogen-bond donors (Lipinski definition) is 2. The Bertz CT molecular complexity index is 382. The van der Waals surface area contributed by atoms with Crippen LogP contribution in [0.1, 0.15) is 25.7 Å². The summed E-state index contributed by atoms with van der Waals surface area (Å²) in [5, 5.41) is 20.4. The third kappa shape index (κ3) is 2.72. The molecule has 0 bridgehead atoms. The van der Waals surface area contributed by atoms with Crippen LogP contribution < -0.4 is 5.32 Å².